The van der Waals surface area contributed by atoms with Crippen molar-refractivity contribution in [2.45, 2.75) is 26.0 Å². The van der Waals surface area contributed by atoms with Crippen LogP contribution in [0.1, 0.15) is 18.9 Å². The Labute approximate surface area is 146 Å². The second-order valence-corrected chi connectivity index (χ2v) is 7.05. The normalized spacial score (nSPS) is 14.1. The first kappa shape index (κ1) is 19.0. The van der Waals surface area contributed by atoms with Gasteiger partial charge in [-0.25, -0.2) is 9.97 Å². The quantitative estimate of drug-likeness (QED) is 0.452. The molecule has 2 atom stereocenters. The van der Waals surface area contributed by atoms with Crippen LogP contribution in [0.3, 0.4) is 0 Å². The Bertz CT molecular complexity index is 620. The van der Waals surface area contributed by atoms with Gasteiger partial charge >= 0.3 is 0 Å². The summed E-state index contributed by atoms with van der Waals surface area (Å²) in [5.41, 5.74) is 8.50. The number of nitrogens with two attached hydrogens (primary N) is 1. The number of ether oxygens (including phenoxy) is 1. The lowest BCUT2D eigenvalue weighted by molar-refractivity contribution is 0.122. The summed E-state index contributed by atoms with van der Waals surface area (Å²) in [5.74, 6) is 2.70. The predicted octanol–water partition coefficient (Wildman–Crippen LogP) is 1.40. The van der Waals surface area contributed by atoms with Crippen LogP contribution in [-0.4, -0.2) is 57.9 Å². The molecule has 0 aliphatic carbocycles. The first-order valence-electron chi connectivity index (χ1n) is 8.15. The van der Waals surface area contributed by atoms with E-state index in [9.17, 15) is 5.11 Å². The molecule has 0 amide bonds. The van der Waals surface area contributed by atoms with E-state index in [1.165, 1.54) is 6.33 Å². The maximum Gasteiger partial charge on any atom is 0.151 e. The molecule has 0 radical (unpaired) electrons. The highest BCUT2D eigenvalue weighted by atomic mass is 32.2. The van der Waals surface area contributed by atoms with Crippen LogP contribution < -0.4 is 11.1 Å². The van der Waals surface area contributed by atoms with Crippen LogP contribution in [-0.2, 0) is 11.3 Å². The third kappa shape index (κ3) is 5.34. The number of aliphatic hydroxyl groups excluding tert-OH is 1. The van der Waals surface area contributed by atoms with Crippen molar-refractivity contribution in [1.29, 1.82) is 0 Å². The molecular weight excluding hydrogens is 326 g/mol. The largest absolute Gasteiger partial charge is 0.393 e. The van der Waals surface area contributed by atoms with Crippen molar-refractivity contribution in [3.8, 4) is 0 Å². The lowest BCUT2D eigenvalue weighted by atomic mass is 10.0. The number of rotatable bonds is 11. The van der Waals surface area contributed by atoms with Crippen LogP contribution in [0.25, 0.3) is 11.0 Å². The number of fused-ring (bicyclic) bond motifs is 1. The molecule has 2 aromatic heterocycles. The average molecular weight is 353 g/mol. The van der Waals surface area contributed by atoms with Gasteiger partial charge in [-0.15, -0.1) is 0 Å². The zero-order chi connectivity index (χ0) is 17.4. The summed E-state index contributed by atoms with van der Waals surface area (Å²) >= 11 is 1.86. The number of anilines is 1. The van der Waals surface area contributed by atoms with Crippen molar-refractivity contribution >= 4 is 28.6 Å². The summed E-state index contributed by atoms with van der Waals surface area (Å²) in [7, 11) is 1.71. The number of hydrogen-bond acceptors (Lipinski definition) is 7. The highest BCUT2D eigenvalue weighted by Crippen LogP contribution is 2.19. The molecule has 0 saturated carbocycles. The monoisotopic (exact) mass is 353 g/mol. The fraction of sp³-hybridized carbons (Fsp3) is 0.625. The molecule has 7 nitrogen and oxygen atoms in total. The van der Waals surface area contributed by atoms with Crippen LogP contribution in [0, 0.1) is 5.92 Å². The average Bonchev–Trinajstić information content (AvgIpc) is 2.97. The molecule has 0 bridgehead atoms. The second kappa shape index (κ2) is 9.83. The molecule has 24 heavy (non-hydrogen) atoms. The Morgan fingerprint density at radius 2 is 2.25 bits per heavy atom. The number of nitrogens with zero attached hydrogens (tertiary/aromatic N) is 2. The molecule has 0 aromatic carbocycles. The van der Waals surface area contributed by atoms with Crippen LogP contribution in [0.15, 0.2) is 12.5 Å². The highest BCUT2D eigenvalue weighted by molar-refractivity contribution is 7.99. The minimum absolute atomic E-state index is 0.227. The van der Waals surface area contributed by atoms with E-state index in [4.69, 9.17) is 10.5 Å². The van der Waals surface area contributed by atoms with Crippen molar-refractivity contribution in [2.24, 2.45) is 5.92 Å². The summed E-state index contributed by atoms with van der Waals surface area (Å²) in [5, 5.41) is 13.4. The van der Waals surface area contributed by atoms with Crippen molar-refractivity contribution in [3.63, 3.8) is 0 Å². The van der Waals surface area contributed by atoms with Gasteiger partial charge in [0, 0.05) is 37.7 Å². The Morgan fingerprint density at radius 1 is 1.42 bits per heavy atom. The molecule has 0 aliphatic rings. The Kier molecular flexibility index (Phi) is 7.77. The fourth-order valence-electron chi connectivity index (χ4n) is 2.53. The van der Waals surface area contributed by atoms with E-state index in [2.05, 4.69) is 20.3 Å². The van der Waals surface area contributed by atoms with Gasteiger partial charge in [-0.2, -0.15) is 11.8 Å². The van der Waals surface area contributed by atoms with Crippen LogP contribution in [0.2, 0.25) is 0 Å². The lowest BCUT2D eigenvalue weighted by Crippen LogP contribution is -2.30. The molecule has 2 aromatic rings. The summed E-state index contributed by atoms with van der Waals surface area (Å²) in [4.78, 5) is 11.4. The molecule has 2 unspecified atom stereocenters. The minimum Gasteiger partial charge on any atom is -0.393 e. The number of methoxy groups -OCH3 is 1. The molecule has 0 saturated heterocycles. The van der Waals surface area contributed by atoms with E-state index in [0.29, 0.717) is 12.4 Å². The summed E-state index contributed by atoms with van der Waals surface area (Å²) < 4.78 is 5.04. The number of nitrogen functional groups attached to an aromatic ring is 1. The Morgan fingerprint density at radius 3 is 3.00 bits per heavy atom. The Balaban J connectivity index is 1.80. The molecule has 0 spiro atoms. The van der Waals surface area contributed by atoms with Crippen molar-refractivity contribution in [1.82, 2.24) is 20.3 Å². The molecule has 2 heterocycles. The van der Waals surface area contributed by atoms with E-state index in [1.807, 2.05) is 24.9 Å². The first-order chi connectivity index (χ1) is 11.6. The minimum atomic E-state index is -0.332. The topological polar surface area (TPSA) is 109 Å². The van der Waals surface area contributed by atoms with Crippen molar-refractivity contribution < 1.29 is 9.84 Å². The van der Waals surface area contributed by atoms with Gasteiger partial charge in [-0.05, 0) is 25.0 Å². The van der Waals surface area contributed by atoms with Gasteiger partial charge in [0.05, 0.1) is 18.2 Å². The molecule has 8 heteroatoms. The van der Waals surface area contributed by atoms with Gasteiger partial charge in [-0.3, -0.25) is 0 Å². The number of hydrogen-bond donors (Lipinski definition) is 4. The van der Waals surface area contributed by atoms with Gasteiger partial charge in [0.1, 0.15) is 11.8 Å². The number of thioether (sulfide) groups is 1. The van der Waals surface area contributed by atoms with Crippen LogP contribution in [0.4, 0.5) is 5.82 Å². The van der Waals surface area contributed by atoms with Gasteiger partial charge < -0.3 is 25.9 Å². The maximum atomic E-state index is 9.96. The molecule has 0 fully saturated rings. The maximum absolute atomic E-state index is 9.96. The summed E-state index contributed by atoms with van der Waals surface area (Å²) in [6, 6.07) is 0. The zero-order valence-corrected chi connectivity index (χ0v) is 15.1. The standard InChI is InChI=1S/C16H27N5O2S/c1-11(22)12(3-5-24-6-4-23-2)7-18-8-13-9-19-15-14(13)20-10-21-16(15)17/h9-12,18-19,22H,3-8H2,1-2H3,(H2,17,20,21). The fourth-order valence-corrected chi connectivity index (χ4v) is 3.49. The van der Waals surface area contributed by atoms with E-state index >= 15 is 0 Å². The number of aliphatic hydroxyl groups is 1. The van der Waals surface area contributed by atoms with Crippen molar-refractivity contribution in [3.05, 3.63) is 18.1 Å². The molecular formula is C16H27N5O2S. The summed E-state index contributed by atoms with van der Waals surface area (Å²) in [6.45, 7) is 4.06. The predicted molar refractivity (Wildman–Crippen MR) is 99.0 cm³/mol. The zero-order valence-electron chi connectivity index (χ0n) is 14.3. The lowest BCUT2D eigenvalue weighted by Gasteiger charge is -2.20. The van der Waals surface area contributed by atoms with Gasteiger partial charge in [0.15, 0.2) is 5.82 Å². The highest BCUT2D eigenvalue weighted by Gasteiger charge is 2.15. The molecule has 134 valence electrons. The third-order valence-corrected chi connectivity index (χ3v) is 5.02. The number of nitrogens with one attached hydrogen (secondary N) is 2. The number of aromatic nitrogens is 3. The first-order valence-corrected chi connectivity index (χ1v) is 9.30. The van der Waals surface area contributed by atoms with Gasteiger partial charge in [-0.1, -0.05) is 0 Å². The molecule has 2 rings (SSSR count). The van der Waals surface area contributed by atoms with Crippen molar-refractivity contribution in [2.75, 3.05) is 37.5 Å². The summed E-state index contributed by atoms with van der Waals surface area (Å²) in [6.07, 6.45) is 4.02. The molecule has 0 aliphatic heterocycles. The number of H-pyrrole nitrogens is 1. The van der Waals surface area contributed by atoms with Gasteiger partial charge in [0.2, 0.25) is 0 Å². The Hall–Kier alpha value is -1.35. The third-order valence-electron chi connectivity index (χ3n) is 4.04. The SMILES string of the molecule is COCCSCCC(CNCc1c[nH]c2c(N)ncnc12)C(C)O. The van der Waals surface area contributed by atoms with E-state index in [1.54, 1.807) is 7.11 Å². The van der Waals surface area contributed by atoms with E-state index in [-0.39, 0.29) is 12.0 Å². The van der Waals surface area contributed by atoms with Crippen LogP contribution >= 0.6 is 11.8 Å². The molecule has 5 N–H and O–H groups in total. The van der Waals surface area contributed by atoms with E-state index < -0.39 is 0 Å². The van der Waals surface area contributed by atoms with Gasteiger partial charge in [0.25, 0.3) is 0 Å². The van der Waals surface area contributed by atoms with E-state index in [0.717, 1.165) is 47.7 Å². The van der Waals surface area contributed by atoms with Crippen LogP contribution in [0.5, 0.6) is 0 Å². The number of aromatic amines is 1. The smallest absolute Gasteiger partial charge is 0.151 e. The second-order valence-electron chi connectivity index (χ2n) is 5.82.